The van der Waals surface area contributed by atoms with Crippen LogP contribution in [-0.2, 0) is 9.47 Å². The Labute approximate surface area is 124 Å². The third-order valence-corrected chi connectivity index (χ3v) is 3.12. The zero-order chi connectivity index (χ0) is 15.1. The van der Waals surface area contributed by atoms with Crippen LogP contribution in [0.25, 0.3) is 10.9 Å². The van der Waals surface area contributed by atoms with E-state index >= 15 is 0 Å². The number of fused-ring (bicyclic) bond motifs is 1. The standard InChI is InChI=1S/C16H21NO4/c1-12-4-5-17-14-11-16(21-9-7-19-3)15(10-13(12)14)20-8-6-18-2/h4-5,10-11H,6-9H2,1-3H3. The fraction of sp³-hybridized carbons (Fsp3) is 0.438. The van der Waals surface area contributed by atoms with Gasteiger partial charge in [-0.3, -0.25) is 4.98 Å². The number of hydrogen-bond acceptors (Lipinski definition) is 5. The highest BCUT2D eigenvalue weighted by molar-refractivity contribution is 5.85. The lowest BCUT2D eigenvalue weighted by Gasteiger charge is -2.14. The molecule has 0 fully saturated rings. The maximum atomic E-state index is 5.75. The van der Waals surface area contributed by atoms with Gasteiger partial charge >= 0.3 is 0 Å². The molecule has 114 valence electrons. The van der Waals surface area contributed by atoms with Gasteiger partial charge in [0.1, 0.15) is 13.2 Å². The minimum absolute atomic E-state index is 0.467. The largest absolute Gasteiger partial charge is 0.487 e. The zero-order valence-electron chi connectivity index (χ0n) is 12.7. The topological polar surface area (TPSA) is 49.8 Å². The lowest BCUT2D eigenvalue weighted by molar-refractivity contribution is 0.132. The van der Waals surface area contributed by atoms with Crippen LogP contribution in [0.3, 0.4) is 0 Å². The molecule has 21 heavy (non-hydrogen) atoms. The Morgan fingerprint density at radius 2 is 1.52 bits per heavy atom. The Kier molecular flexibility index (Phi) is 5.78. The Morgan fingerprint density at radius 3 is 2.14 bits per heavy atom. The molecule has 0 N–H and O–H groups in total. The molecule has 0 aliphatic heterocycles. The summed E-state index contributed by atoms with van der Waals surface area (Å²) in [4.78, 5) is 4.38. The second kappa shape index (κ2) is 7.81. The molecule has 1 aromatic heterocycles. The van der Waals surface area contributed by atoms with Gasteiger partial charge in [-0.05, 0) is 24.6 Å². The number of aryl methyl sites for hydroxylation is 1. The van der Waals surface area contributed by atoms with Crippen LogP contribution in [-0.4, -0.2) is 45.6 Å². The van der Waals surface area contributed by atoms with Crippen molar-refractivity contribution in [2.45, 2.75) is 6.92 Å². The van der Waals surface area contributed by atoms with Crippen LogP contribution in [0.2, 0.25) is 0 Å². The zero-order valence-corrected chi connectivity index (χ0v) is 12.7. The van der Waals surface area contributed by atoms with Crippen LogP contribution in [0.4, 0.5) is 0 Å². The molecule has 5 heteroatoms. The van der Waals surface area contributed by atoms with Gasteiger partial charge in [0.25, 0.3) is 0 Å². The van der Waals surface area contributed by atoms with Gasteiger partial charge in [0.2, 0.25) is 0 Å². The third-order valence-electron chi connectivity index (χ3n) is 3.12. The maximum absolute atomic E-state index is 5.75. The smallest absolute Gasteiger partial charge is 0.163 e. The molecule has 0 bridgehead atoms. The highest BCUT2D eigenvalue weighted by Gasteiger charge is 2.10. The van der Waals surface area contributed by atoms with E-state index < -0.39 is 0 Å². The normalized spacial score (nSPS) is 10.8. The SMILES string of the molecule is COCCOc1cc2nccc(C)c2cc1OCCOC. The van der Waals surface area contributed by atoms with Gasteiger partial charge in [0.15, 0.2) is 11.5 Å². The average Bonchev–Trinajstić information content (AvgIpc) is 2.49. The van der Waals surface area contributed by atoms with Gasteiger partial charge in [-0.1, -0.05) is 0 Å². The molecule has 0 unspecified atom stereocenters. The number of hydrogen-bond donors (Lipinski definition) is 0. The lowest BCUT2D eigenvalue weighted by Crippen LogP contribution is -2.08. The first-order chi connectivity index (χ1) is 10.3. The molecule has 0 spiro atoms. The van der Waals surface area contributed by atoms with Gasteiger partial charge in [0, 0.05) is 31.9 Å². The summed E-state index contributed by atoms with van der Waals surface area (Å²) in [5.41, 5.74) is 2.04. The fourth-order valence-electron chi connectivity index (χ4n) is 1.99. The van der Waals surface area contributed by atoms with E-state index in [4.69, 9.17) is 18.9 Å². The Morgan fingerprint density at radius 1 is 0.905 bits per heavy atom. The number of ether oxygens (including phenoxy) is 4. The second-order valence-corrected chi connectivity index (χ2v) is 4.63. The summed E-state index contributed by atoms with van der Waals surface area (Å²) in [5.74, 6) is 1.38. The number of rotatable bonds is 8. The molecule has 2 rings (SSSR count). The van der Waals surface area contributed by atoms with E-state index in [1.165, 1.54) is 0 Å². The lowest BCUT2D eigenvalue weighted by atomic mass is 10.1. The van der Waals surface area contributed by atoms with E-state index in [1.807, 2.05) is 18.2 Å². The highest BCUT2D eigenvalue weighted by atomic mass is 16.5. The van der Waals surface area contributed by atoms with Crippen LogP contribution in [0.5, 0.6) is 11.5 Å². The average molecular weight is 291 g/mol. The van der Waals surface area contributed by atoms with Crippen molar-refractivity contribution < 1.29 is 18.9 Å². The highest BCUT2D eigenvalue weighted by Crippen LogP contribution is 2.33. The van der Waals surface area contributed by atoms with Crippen LogP contribution in [0.15, 0.2) is 24.4 Å². The van der Waals surface area contributed by atoms with E-state index in [-0.39, 0.29) is 0 Å². The summed E-state index contributed by atoms with van der Waals surface area (Å²) in [7, 11) is 3.29. The maximum Gasteiger partial charge on any atom is 0.163 e. The molecule has 5 nitrogen and oxygen atoms in total. The number of methoxy groups -OCH3 is 2. The molecule has 0 aliphatic rings. The van der Waals surface area contributed by atoms with Crippen molar-refractivity contribution in [1.29, 1.82) is 0 Å². The molecular formula is C16H21NO4. The predicted molar refractivity (Wildman–Crippen MR) is 81.2 cm³/mol. The van der Waals surface area contributed by atoms with Crippen molar-refractivity contribution in [1.82, 2.24) is 4.98 Å². The minimum Gasteiger partial charge on any atom is -0.487 e. The molecule has 2 aromatic rings. The molecule has 1 heterocycles. The van der Waals surface area contributed by atoms with Crippen LogP contribution < -0.4 is 9.47 Å². The summed E-state index contributed by atoms with van der Waals surface area (Å²) in [6.07, 6.45) is 1.79. The summed E-state index contributed by atoms with van der Waals surface area (Å²) in [6.45, 7) is 4.04. The number of benzene rings is 1. The number of nitrogens with zero attached hydrogens (tertiary/aromatic N) is 1. The van der Waals surface area contributed by atoms with Gasteiger partial charge < -0.3 is 18.9 Å². The molecule has 0 saturated heterocycles. The van der Waals surface area contributed by atoms with Crippen molar-refractivity contribution in [3.63, 3.8) is 0 Å². The fourth-order valence-corrected chi connectivity index (χ4v) is 1.99. The second-order valence-electron chi connectivity index (χ2n) is 4.63. The Bertz CT molecular complexity index is 586. The Hall–Kier alpha value is -1.85. The monoisotopic (exact) mass is 291 g/mol. The molecule has 0 radical (unpaired) electrons. The molecule has 1 aromatic carbocycles. The third kappa shape index (κ3) is 4.06. The van der Waals surface area contributed by atoms with Crippen LogP contribution >= 0.6 is 0 Å². The van der Waals surface area contributed by atoms with Crippen molar-refractivity contribution >= 4 is 10.9 Å². The minimum atomic E-state index is 0.467. The van der Waals surface area contributed by atoms with Gasteiger partial charge in [-0.15, -0.1) is 0 Å². The molecular weight excluding hydrogens is 270 g/mol. The van der Waals surface area contributed by atoms with E-state index in [9.17, 15) is 0 Å². The van der Waals surface area contributed by atoms with Gasteiger partial charge in [0.05, 0.1) is 18.7 Å². The van der Waals surface area contributed by atoms with Gasteiger partial charge in [-0.2, -0.15) is 0 Å². The number of pyridine rings is 1. The predicted octanol–water partition coefficient (Wildman–Crippen LogP) is 2.59. The molecule has 0 aliphatic carbocycles. The quantitative estimate of drug-likeness (QED) is 0.700. The van der Waals surface area contributed by atoms with E-state index in [0.29, 0.717) is 37.9 Å². The van der Waals surface area contributed by atoms with E-state index in [1.54, 1.807) is 20.4 Å². The molecule has 0 atom stereocenters. The molecule has 0 amide bonds. The van der Waals surface area contributed by atoms with Crippen molar-refractivity contribution in [3.8, 4) is 11.5 Å². The Balaban J connectivity index is 2.29. The summed E-state index contributed by atoms with van der Waals surface area (Å²) >= 11 is 0. The van der Waals surface area contributed by atoms with Gasteiger partial charge in [-0.25, -0.2) is 0 Å². The van der Waals surface area contributed by atoms with Crippen LogP contribution in [0.1, 0.15) is 5.56 Å². The summed E-state index contributed by atoms with van der Waals surface area (Å²) in [6, 6.07) is 5.85. The van der Waals surface area contributed by atoms with E-state index in [0.717, 1.165) is 16.5 Å². The first-order valence-corrected chi connectivity index (χ1v) is 6.89. The summed E-state index contributed by atoms with van der Waals surface area (Å²) in [5, 5.41) is 1.06. The number of aromatic nitrogens is 1. The van der Waals surface area contributed by atoms with E-state index in [2.05, 4.69) is 11.9 Å². The summed E-state index contributed by atoms with van der Waals surface area (Å²) < 4.78 is 21.5. The van der Waals surface area contributed by atoms with Crippen molar-refractivity contribution in [2.24, 2.45) is 0 Å². The first kappa shape index (κ1) is 15.5. The van der Waals surface area contributed by atoms with Crippen molar-refractivity contribution in [3.05, 3.63) is 30.0 Å². The van der Waals surface area contributed by atoms with Crippen molar-refractivity contribution in [2.75, 3.05) is 40.6 Å². The van der Waals surface area contributed by atoms with Crippen LogP contribution in [0, 0.1) is 6.92 Å². The first-order valence-electron chi connectivity index (χ1n) is 6.89. The molecule has 0 saturated carbocycles.